The Kier molecular flexibility index (Phi) is 4.34. The topological polar surface area (TPSA) is 68.8 Å². The Balaban J connectivity index is 2.21. The highest BCUT2D eigenvalue weighted by Crippen LogP contribution is 2.19. The molecular weight excluding hydrogens is 270 g/mol. The number of nitrogens with one attached hydrogen (secondary N) is 1. The summed E-state index contributed by atoms with van der Waals surface area (Å²) in [7, 11) is 0. The van der Waals surface area contributed by atoms with Crippen molar-refractivity contribution in [2.45, 2.75) is 33.4 Å². The monoisotopic (exact) mass is 289 g/mol. The number of rotatable bonds is 5. The van der Waals surface area contributed by atoms with E-state index in [0.717, 1.165) is 29.2 Å². The van der Waals surface area contributed by atoms with Crippen molar-refractivity contribution in [2.24, 2.45) is 5.73 Å². The average molecular weight is 289 g/mol. The van der Waals surface area contributed by atoms with Crippen molar-refractivity contribution in [1.82, 2.24) is 14.8 Å². The molecule has 0 saturated heterocycles. The van der Waals surface area contributed by atoms with Crippen molar-refractivity contribution in [1.29, 1.82) is 0 Å². The Morgan fingerprint density at radius 3 is 2.85 bits per heavy atom. The number of anilines is 1. The summed E-state index contributed by atoms with van der Waals surface area (Å²) in [6.45, 7) is 6.77. The smallest absolute Gasteiger partial charge is 0.137 e. The van der Waals surface area contributed by atoms with Crippen LogP contribution >= 0.6 is 12.2 Å². The Bertz CT molecular complexity index is 606. The summed E-state index contributed by atoms with van der Waals surface area (Å²) in [5.41, 5.74) is 8.61. The molecule has 0 radical (unpaired) electrons. The summed E-state index contributed by atoms with van der Waals surface area (Å²) in [6, 6.07) is 4.05. The molecular formula is C14H19N5S. The molecule has 3 N–H and O–H groups in total. The van der Waals surface area contributed by atoms with E-state index in [1.807, 2.05) is 36.9 Å². The second-order valence-electron chi connectivity index (χ2n) is 4.94. The van der Waals surface area contributed by atoms with Crippen molar-refractivity contribution >= 4 is 23.0 Å². The molecule has 0 aliphatic carbocycles. The zero-order chi connectivity index (χ0) is 14.7. The highest BCUT2D eigenvalue weighted by Gasteiger charge is 2.13. The summed E-state index contributed by atoms with van der Waals surface area (Å²) in [4.78, 5) is 4.88. The first-order valence-corrected chi connectivity index (χ1v) is 6.90. The van der Waals surface area contributed by atoms with Gasteiger partial charge in [-0.15, -0.1) is 0 Å². The largest absolute Gasteiger partial charge is 0.389 e. The van der Waals surface area contributed by atoms with Crippen LogP contribution in [0, 0.1) is 13.8 Å². The fourth-order valence-electron chi connectivity index (χ4n) is 2.22. The van der Waals surface area contributed by atoms with E-state index in [2.05, 4.69) is 22.3 Å². The van der Waals surface area contributed by atoms with Crippen molar-refractivity contribution in [3.05, 3.63) is 41.3 Å². The molecule has 2 aromatic rings. The third kappa shape index (κ3) is 3.33. The summed E-state index contributed by atoms with van der Waals surface area (Å²) >= 11 is 5.13. The van der Waals surface area contributed by atoms with Crippen LogP contribution in [0.1, 0.15) is 23.7 Å². The highest BCUT2D eigenvalue weighted by atomic mass is 32.1. The quantitative estimate of drug-likeness (QED) is 0.824. The lowest BCUT2D eigenvalue weighted by Gasteiger charge is -2.18. The van der Waals surface area contributed by atoms with Gasteiger partial charge in [0.25, 0.3) is 0 Å². The lowest BCUT2D eigenvalue weighted by Crippen LogP contribution is -2.25. The van der Waals surface area contributed by atoms with Crippen LogP contribution in [0.5, 0.6) is 0 Å². The molecule has 5 nitrogen and oxygen atoms in total. The molecule has 6 heteroatoms. The van der Waals surface area contributed by atoms with Crippen molar-refractivity contribution in [3.63, 3.8) is 0 Å². The van der Waals surface area contributed by atoms with Gasteiger partial charge in [-0.1, -0.05) is 12.2 Å². The molecule has 2 heterocycles. The number of nitrogens with two attached hydrogens (primary N) is 1. The number of pyridine rings is 1. The van der Waals surface area contributed by atoms with Crippen molar-refractivity contribution < 1.29 is 0 Å². The van der Waals surface area contributed by atoms with Gasteiger partial charge < -0.3 is 11.1 Å². The summed E-state index contributed by atoms with van der Waals surface area (Å²) < 4.78 is 1.88. The Morgan fingerprint density at radius 2 is 2.25 bits per heavy atom. The van der Waals surface area contributed by atoms with Crippen LogP contribution in [0.4, 0.5) is 5.82 Å². The van der Waals surface area contributed by atoms with Gasteiger partial charge in [0, 0.05) is 24.1 Å². The third-order valence-corrected chi connectivity index (χ3v) is 3.20. The first-order valence-electron chi connectivity index (χ1n) is 6.49. The zero-order valence-electron chi connectivity index (χ0n) is 11.9. The standard InChI is InChI=1S/C14H19N5S/c1-9-7-10(2)17-14(12(9)13(15)20)18-11(3)8-19-6-4-5-16-19/h4-7,11H,8H2,1-3H3,(H2,15,20)(H,17,18). The zero-order valence-corrected chi connectivity index (χ0v) is 12.7. The number of hydrogen-bond acceptors (Lipinski definition) is 4. The predicted octanol–water partition coefficient (Wildman–Crippen LogP) is 2.03. The van der Waals surface area contributed by atoms with E-state index in [1.165, 1.54) is 0 Å². The number of hydrogen-bond donors (Lipinski definition) is 2. The molecule has 1 unspecified atom stereocenters. The first-order chi connectivity index (χ1) is 9.47. The molecule has 106 valence electrons. The number of nitrogens with zero attached hydrogens (tertiary/aromatic N) is 3. The summed E-state index contributed by atoms with van der Waals surface area (Å²) in [6.07, 6.45) is 3.70. The van der Waals surface area contributed by atoms with Crippen LogP contribution in [0.25, 0.3) is 0 Å². The maximum absolute atomic E-state index is 5.81. The van der Waals surface area contributed by atoms with E-state index in [1.54, 1.807) is 6.20 Å². The number of aromatic nitrogens is 3. The minimum atomic E-state index is 0.164. The second-order valence-corrected chi connectivity index (χ2v) is 5.38. The minimum absolute atomic E-state index is 0.164. The lowest BCUT2D eigenvalue weighted by atomic mass is 10.1. The molecule has 0 saturated carbocycles. The molecule has 0 bridgehead atoms. The molecule has 0 fully saturated rings. The van der Waals surface area contributed by atoms with Gasteiger partial charge >= 0.3 is 0 Å². The van der Waals surface area contributed by atoms with Gasteiger partial charge in [0.1, 0.15) is 10.8 Å². The Labute approximate surface area is 124 Å². The van der Waals surface area contributed by atoms with Gasteiger partial charge in [-0.2, -0.15) is 5.10 Å². The SMILES string of the molecule is Cc1cc(C)c(C(N)=S)c(NC(C)Cn2cccn2)n1. The van der Waals surface area contributed by atoms with Crippen LogP contribution in [0.2, 0.25) is 0 Å². The third-order valence-electron chi connectivity index (χ3n) is 2.99. The van der Waals surface area contributed by atoms with E-state index in [4.69, 9.17) is 18.0 Å². The van der Waals surface area contributed by atoms with Crippen LogP contribution < -0.4 is 11.1 Å². The van der Waals surface area contributed by atoms with Gasteiger partial charge in [0.15, 0.2) is 0 Å². The van der Waals surface area contributed by atoms with Gasteiger partial charge in [0.2, 0.25) is 0 Å². The van der Waals surface area contributed by atoms with Gasteiger partial charge in [-0.25, -0.2) is 4.98 Å². The Hall–Kier alpha value is -1.95. The van der Waals surface area contributed by atoms with E-state index in [-0.39, 0.29) is 6.04 Å². The predicted molar refractivity (Wildman–Crippen MR) is 84.9 cm³/mol. The van der Waals surface area contributed by atoms with Crippen LogP contribution in [-0.2, 0) is 6.54 Å². The van der Waals surface area contributed by atoms with Gasteiger partial charge in [-0.05, 0) is 38.5 Å². The van der Waals surface area contributed by atoms with E-state index in [0.29, 0.717) is 4.99 Å². The van der Waals surface area contributed by atoms with E-state index in [9.17, 15) is 0 Å². The molecule has 0 aliphatic heterocycles. The normalized spacial score (nSPS) is 12.2. The van der Waals surface area contributed by atoms with Gasteiger partial charge in [-0.3, -0.25) is 4.68 Å². The molecule has 1 atom stereocenters. The maximum atomic E-state index is 5.81. The Morgan fingerprint density at radius 1 is 1.50 bits per heavy atom. The van der Waals surface area contributed by atoms with Crippen molar-refractivity contribution in [2.75, 3.05) is 5.32 Å². The number of aryl methyl sites for hydroxylation is 2. The highest BCUT2D eigenvalue weighted by molar-refractivity contribution is 7.80. The van der Waals surface area contributed by atoms with E-state index < -0.39 is 0 Å². The lowest BCUT2D eigenvalue weighted by molar-refractivity contribution is 0.559. The molecule has 0 amide bonds. The molecule has 0 aromatic carbocycles. The number of thiocarbonyl (C=S) groups is 1. The minimum Gasteiger partial charge on any atom is -0.389 e. The molecule has 0 aliphatic rings. The van der Waals surface area contributed by atoms with E-state index >= 15 is 0 Å². The molecule has 2 rings (SSSR count). The van der Waals surface area contributed by atoms with Crippen LogP contribution in [0.15, 0.2) is 24.5 Å². The maximum Gasteiger partial charge on any atom is 0.137 e. The molecule has 20 heavy (non-hydrogen) atoms. The first kappa shape index (κ1) is 14.5. The van der Waals surface area contributed by atoms with Crippen LogP contribution in [-0.4, -0.2) is 25.8 Å². The average Bonchev–Trinajstić information content (AvgIpc) is 2.79. The summed E-state index contributed by atoms with van der Waals surface area (Å²) in [5, 5.41) is 7.57. The van der Waals surface area contributed by atoms with Gasteiger partial charge in [0.05, 0.1) is 12.1 Å². The van der Waals surface area contributed by atoms with Crippen LogP contribution in [0.3, 0.4) is 0 Å². The summed E-state index contributed by atoms with van der Waals surface area (Å²) in [5.74, 6) is 0.745. The molecule has 2 aromatic heterocycles. The fraction of sp³-hybridized carbons (Fsp3) is 0.357. The van der Waals surface area contributed by atoms with Crippen molar-refractivity contribution in [3.8, 4) is 0 Å². The molecule has 0 spiro atoms. The fourth-order valence-corrected chi connectivity index (χ4v) is 2.48. The second kappa shape index (κ2) is 6.00.